The van der Waals surface area contributed by atoms with Crippen LogP contribution >= 0.6 is 0 Å². The van der Waals surface area contributed by atoms with Gasteiger partial charge >= 0.3 is 0 Å². The molecule has 2 aromatic carbocycles. The summed E-state index contributed by atoms with van der Waals surface area (Å²) in [5.74, 6) is -0.865. The second-order valence-corrected chi connectivity index (χ2v) is 5.95. The Morgan fingerprint density at radius 3 is 2.04 bits per heavy atom. The monoisotopic (exact) mass is 306 g/mol. The molecular weight excluding hydrogens is 284 g/mol. The Morgan fingerprint density at radius 2 is 1.52 bits per heavy atom. The van der Waals surface area contributed by atoms with E-state index in [2.05, 4.69) is 32.9 Å². The summed E-state index contributed by atoms with van der Waals surface area (Å²) in [4.78, 5) is 23.8. The predicted octanol–water partition coefficient (Wildman–Crippen LogP) is 4.40. The van der Waals surface area contributed by atoms with E-state index in [9.17, 15) is 9.59 Å². The van der Waals surface area contributed by atoms with Crippen molar-refractivity contribution in [2.75, 3.05) is 0 Å². The summed E-state index contributed by atoms with van der Waals surface area (Å²) in [6.07, 6.45) is 2.52. The predicted molar refractivity (Wildman–Crippen MR) is 94.5 cm³/mol. The first kappa shape index (κ1) is 16.9. The highest BCUT2D eigenvalue weighted by atomic mass is 16.2. The van der Waals surface area contributed by atoms with Gasteiger partial charge in [-0.3, -0.25) is 9.59 Å². The number of Topliss-reactive ketones (excluding diaryl/α,β-unsaturated/α-hetero) is 2. The molecule has 2 aromatic rings. The molecular formula is C21H22O2. The van der Waals surface area contributed by atoms with Crippen LogP contribution in [0.2, 0.25) is 0 Å². The molecule has 2 nitrogen and oxygen atoms in total. The van der Waals surface area contributed by atoms with Crippen LogP contribution in [0.1, 0.15) is 34.7 Å². The molecule has 0 spiro atoms. The molecule has 0 fully saturated rings. The number of carbonyl (C=O) groups excluding carboxylic acids is 2. The maximum absolute atomic E-state index is 12.3. The highest BCUT2D eigenvalue weighted by Crippen LogP contribution is 2.21. The van der Waals surface area contributed by atoms with Crippen LogP contribution in [0.3, 0.4) is 0 Å². The number of hydrogen-bond donors (Lipinski definition) is 0. The van der Waals surface area contributed by atoms with Crippen molar-refractivity contribution in [2.45, 2.75) is 34.1 Å². The molecule has 118 valence electrons. The van der Waals surface area contributed by atoms with E-state index in [0.29, 0.717) is 12.0 Å². The largest absolute Gasteiger partial charge is 0.291 e. The van der Waals surface area contributed by atoms with Crippen LogP contribution in [0.15, 0.2) is 48.5 Å². The minimum atomic E-state index is -0.433. The summed E-state index contributed by atoms with van der Waals surface area (Å²) >= 11 is 0. The van der Waals surface area contributed by atoms with E-state index in [-0.39, 0.29) is 0 Å². The van der Waals surface area contributed by atoms with Gasteiger partial charge in [0, 0.05) is 12.5 Å². The van der Waals surface area contributed by atoms with Gasteiger partial charge in [0.25, 0.3) is 0 Å². The third-order valence-electron chi connectivity index (χ3n) is 4.00. The molecule has 0 heterocycles. The Bertz CT molecular complexity index is 745. The zero-order valence-electron chi connectivity index (χ0n) is 14.1. The molecule has 0 radical (unpaired) electrons. The summed E-state index contributed by atoms with van der Waals surface area (Å²) in [7, 11) is 0. The van der Waals surface area contributed by atoms with Crippen molar-refractivity contribution in [1.82, 2.24) is 0 Å². The second-order valence-electron chi connectivity index (χ2n) is 5.95. The highest BCUT2D eigenvalue weighted by Gasteiger charge is 2.16. The molecule has 0 aromatic heterocycles. The van der Waals surface area contributed by atoms with Crippen molar-refractivity contribution in [3.63, 3.8) is 0 Å². The minimum Gasteiger partial charge on any atom is -0.291 e. The normalized spacial score (nSPS) is 11.4. The molecule has 0 bridgehead atoms. The number of aryl methyl sites for hydroxylation is 3. The van der Waals surface area contributed by atoms with E-state index in [1.807, 2.05) is 36.4 Å². The van der Waals surface area contributed by atoms with Crippen LogP contribution in [0, 0.1) is 20.8 Å². The van der Waals surface area contributed by atoms with Gasteiger partial charge in [-0.2, -0.15) is 0 Å². The average molecular weight is 306 g/mol. The summed E-state index contributed by atoms with van der Waals surface area (Å²) in [6, 6.07) is 13.7. The van der Waals surface area contributed by atoms with Gasteiger partial charge in [-0.05, 0) is 49.4 Å². The summed E-state index contributed by atoms with van der Waals surface area (Å²) in [5, 5.41) is 0. The summed E-state index contributed by atoms with van der Waals surface area (Å²) in [6.45, 7) is 7.56. The maximum Gasteiger partial charge on any atom is 0.228 e. The van der Waals surface area contributed by atoms with Crippen LogP contribution in [-0.2, 0) is 16.0 Å². The topological polar surface area (TPSA) is 34.1 Å². The minimum absolute atomic E-state index is 0.432. The number of allylic oxidation sites excluding steroid dienone is 2. The van der Waals surface area contributed by atoms with Crippen molar-refractivity contribution >= 4 is 17.1 Å². The fraction of sp³-hybridized carbons (Fsp3) is 0.238. The SMILES string of the molecule is CC(=O)C(=O)/C(=C\Cc1c(C)cc(C)cc1C)c1ccccc1. The third-order valence-corrected chi connectivity index (χ3v) is 4.00. The maximum atomic E-state index is 12.3. The van der Waals surface area contributed by atoms with Crippen LogP contribution in [0.5, 0.6) is 0 Å². The molecule has 0 aliphatic rings. The van der Waals surface area contributed by atoms with E-state index >= 15 is 0 Å². The first-order valence-electron chi connectivity index (χ1n) is 7.77. The lowest BCUT2D eigenvalue weighted by molar-refractivity contribution is -0.131. The third kappa shape index (κ3) is 4.04. The molecule has 0 saturated carbocycles. The molecule has 23 heavy (non-hydrogen) atoms. The van der Waals surface area contributed by atoms with Crippen LogP contribution in [-0.4, -0.2) is 11.6 Å². The number of carbonyl (C=O) groups is 2. The Morgan fingerprint density at radius 1 is 0.957 bits per heavy atom. The van der Waals surface area contributed by atoms with E-state index < -0.39 is 11.6 Å². The zero-order valence-corrected chi connectivity index (χ0v) is 14.1. The molecule has 0 aliphatic heterocycles. The Kier molecular flexibility index (Phi) is 5.28. The Labute approximate surface area is 137 Å². The average Bonchev–Trinajstić information content (AvgIpc) is 2.50. The quantitative estimate of drug-likeness (QED) is 0.606. The molecule has 0 saturated heterocycles. The second kappa shape index (κ2) is 7.19. The van der Waals surface area contributed by atoms with Crippen LogP contribution in [0.25, 0.3) is 5.57 Å². The van der Waals surface area contributed by atoms with Crippen molar-refractivity contribution in [2.24, 2.45) is 0 Å². The molecule has 2 heteroatoms. The number of rotatable bonds is 5. The lowest BCUT2D eigenvalue weighted by atomic mass is 9.93. The fourth-order valence-corrected chi connectivity index (χ4v) is 2.89. The number of ketones is 2. The van der Waals surface area contributed by atoms with Crippen molar-refractivity contribution in [1.29, 1.82) is 0 Å². The zero-order chi connectivity index (χ0) is 17.0. The molecule has 0 unspecified atom stereocenters. The van der Waals surface area contributed by atoms with E-state index in [0.717, 1.165) is 5.56 Å². The lowest BCUT2D eigenvalue weighted by Crippen LogP contribution is -2.12. The summed E-state index contributed by atoms with van der Waals surface area (Å²) < 4.78 is 0. The van der Waals surface area contributed by atoms with E-state index in [4.69, 9.17) is 0 Å². The molecule has 0 aliphatic carbocycles. The van der Waals surface area contributed by atoms with Gasteiger partial charge in [0.05, 0.1) is 0 Å². The van der Waals surface area contributed by atoms with Gasteiger partial charge in [0.1, 0.15) is 0 Å². The standard InChI is InChI=1S/C21H22O2/c1-14-12-15(2)19(16(3)13-14)10-11-20(21(23)17(4)22)18-8-6-5-7-9-18/h5-9,11-13H,10H2,1-4H3/b20-11-. The Hall–Kier alpha value is -2.48. The molecule has 0 amide bonds. The first-order chi connectivity index (χ1) is 10.9. The molecule has 2 rings (SSSR count). The van der Waals surface area contributed by atoms with Gasteiger partial charge in [-0.15, -0.1) is 0 Å². The first-order valence-corrected chi connectivity index (χ1v) is 7.77. The number of benzene rings is 2. The van der Waals surface area contributed by atoms with E-state index in [1.54, 1.807) is 0 Å². The van der Waals surface area contributed by atoms with Gasteiger partial charge in [-0.25, -0.2) is 0 Å². The Balaban J connectivity index is 2.43. The smallest absolute Gasteiger partial charge is 0.228 e. The summed E-state index contributed by atoms with van der Waals surface area (Å²) in [5.41, 5.74) is 6.13. The van der Waals surface area contributed by atoms with Crippen molar-refractivity contribution in [3.05, 3.63) is 76.4 Å². The van der Waals surface area contributed by atoms with Gasteiger partial charge in [-0.1, -0.05) is 54.1 Å². The van der Waals surface area contributed by atoms with Gasteiger partial charge < -0.3 is 0 Å². The van der Waals surface area contributed by atoms with E-state index in [1.165, 1.54) is 29.2 Å². The highest BCUT2D eigenvalue weighted by molar-refractivity contribution is 6.53. The van der Waals surface area contributed by atoms with Crippen molar-refractivity contribution < 1.29 is 9.59 Å². The van der Waals surface area contributed by atoms with Crippen LogP contribution < -0.4 is 0 Å². The number of hydrogen-bond acceptors (Lipinski definition) is 2. The molecule has 0 atom stereocenters. The van der Waals surface area contributed by atoms with Gasteiger partial charge in [0.15, 0.2) is 5.78 Å². The lowest BCUT2D eigenvalue weighted by Gasteiger charge is -2.11. The fourth-order valence-electron chi connectivity index (χ4n) is 2.89. The van der Waals surface area contributed by atoms with Crippen molar-refractivity contribution in [3.8, 4) is 0 Å². The molecule has 0 N–H and O–H groups in total. The van der Waals surface area contributed by atoms with Crippen LogP contribution in [0.4, 0.5) is 0 Å². The van der Waals surface area contributed by atoms with Gasteiger partial charge in [0.2, 0.25) is 5.78 Å².